The number of hydrogen-bond donors (Lipinski definition) is 1. The third kappa shape index (κ3) is 2.26. The van der Waals surface area contributed by atoms with Crippen LogP contribution < -0.4 is 4.90 Å². The number of fused-ring (bicyclic) bond motifs is 2. The second-order valence-electron chi connectivity index (χ2n) is 6.32. The zero-order valence-corrected chi connectivity index (χ0v) is 12.9. The Kier molecular flexibility index (Phi) is 3.29. The number of benzene rings is 1. The molecule has 1 saturated heterocycles. The monoisotopic (exact) mass is 320 g/mol. The molecule has 1 aromatic carbocycles. The molecular weight excluding hydrogens is 303 g/mol. The van der Waals surface area contributed by atoms with E-state index in [4.69, 9.17) is 5.11 Å². The second kappa shape index (κ2) is 5.19. The van der Waals surface area contributed by atoms with Gasteiger partial charge in [0, 0.05) is 13.1 Å². The number of aromatic carboxylic acids is 1. The molecule has 22 heavy (non-hydrogen) atoms. The van der Waals surface area contributed by atoms with E-state index >= 15 is 0 Å². The predicted molar refractivity (Wildman–Crippen MR) is 84.2 cm³/mol. The van der Waals surface area contributed by atoms with Crippen LogP contribution in [0.5, 0.6) is 0 Å². The Morgan fingerprint density at radius 3 is 2.59 bits per heavy atom. The van der Waals surface area contributed by atoms with Gasteiger partial charge in [0.1, 0.15) is 5.52 Å². The molecule has 1 aromatic heterocycles. The van der Waals surface area contributed by atoms with Crippen molar-refractivity contribution in [3.05, 3.63) is 23.5 Å². The largest absolute Gasteiger partial charge is 0.478 e. The zero-order chi connectivity index (χ0) is 15.3. The lowest BCUT2D eigenvalue weighted by molar-refractivity contribution is 0.0696. The van der Waals surface area contributed by atoms with Crippen LogP contribution in [-0.4, -0.2) is 29.1 Å². The Bertz CT molecular complexity index is 731. The van der Waals surface area contributed by atoms with E-state index < -0.39 is 11.8 Å². The summed E-state index contributed by atoms with van der Waals surface area (Å²) in [7, 11) is 0. The summed E-state index contributed by atoms with van der Waals surface area (Å²) in [4.78, 5) is 17.7. The predicted octanol–water partition coefficient (Wildman–Crippen LogP) is 3.76. The molecule has 4 rings (SSSR count). The van der Waals surface area contributed by atoms with Crippen molar-refractivity contribution in [3.63, 3.8) is 0 Å². The van der Waals surface area contributed by atoms with Gasteiger partial charge in [-0.15, -0.1) is 0 Å². The lowest BCUT2D eigenvalue weighted by Crippen LogP contribution is -2.19. The standard InChI is InChI=1S/C16H17FN2O2S/c17-12-5-11(15(20)21)6-13-14(12)18-16(22-13)19-7-9-3-1-2-4-10(9)8-19/h5-6,9-10H,1-4,7-8H2,(H,20,21)/t9-,10?/m0/s1. The smallest absolute Gasteiger partial charge is 0.335 e. The molecule has 0 spiro atoms. The molecule has 2 aromatic rings. The number of aromatic nitrogens is 1. The molecule has 1 saturated carbocycles. The molecule has 1 N–H and O–H groups in total. The molecule has 2 atom stereocenters. The average Bonchev–Trinajstić information content (AvgIpc) is 3.10. The van der Waals surface area contributed by atoms with Gasteiger partial charge in [0.2, 0.25) is 0 Å². The molecule has 2 fully saturated rings. The first kappa shape index (κ1) is 13.9. The highest BCUT2D eigenvalue weighted by molar-refractivity contribution is 7.22. The van der Waals surface area contributed by atoms with Gasteiger partial charge in [-0.25, -0.2) is 14.2 Å². The SMILES string of the molecule is O=C(O)c1cc(F)c2nc(N3CC4CCCC[C@H]4C3)sc2c1. The number of nitrogens with zero attached hydrogens (tertiary/aromatic N) is 2. The third-order valence-electron chi connectivity index (χ3n) is 4.93. The first-order chi connectivity index (χ1) is 10.6. The third-order valence-corrected chi connectivity index (χ3v) is 5.99. The molecule has 116 valence electrons. The minimum absolute atomic E-state index is 0.0182. The van der Waals surface area contributed by atoms with Crippen molar-refractivity contribution in [2.45, 2.75) is 25.7 Å². The molecule has 0 amide bonds. The first-order valence-electron chi connectivity index (χ1n) is 7.70. The van der Waals surface area contributed by atoms with E-state index in [0.717, 1.165) is 36.1 Å². The van der Waals surface area contributed by atoms with Crippen LogP contribution in [0, 0.1) is 17.7 Å². The summed E-state index contributed by atoms with van der Waals surface area (Å²) in [5, 5.41) is 9.86. The van der Waals surface area contributed by atoms with Gasteiger partial charge in [-0.3, -0.25) is 0 Å². The molecule has 1 aliphatic carbocycles. The lowest BCUT2D eigenvalue weighted by Gasteiger charge is -2.22. The summed E-state index contributed by atoms with van der Waals surface area (Å²) in [5.41, 5.74) is 0.273. The van der Waals surface area contributed by atoms with Crippen molar-refractivity contribution in [2.24, 2.45) is 11.8 Å². The van der Waals surface area contributed by atoms with E-state index in [1.807, 2.05) is 0 Å². The number of hydrogen-bond acceptors (Lipinski definition) is 4. The van der Waals surface area contributed by atoms with Crippen LogP contribution in [0.4, 0.5) is 9.52 Å². The summed E-state index contributed by atoms with van der Waals surface area (Å²) in [6.45, 7) is 2.00. The van der Waals surface area contributed by atoms with Crippen molar-refractivity contribution in [1.82, 2.24) is 4.98 Å². The van der Waals surface area contributed by atoms with E-state index in [1.54, 1.807) is 0 Å². The van der Waals surface area contributed by atoms with Crippen molar-refractivity contribution in [2.75, 3.05) is 18.0 Å². The molecule has 6 heteroatoms. The molecule has 1 unspecified atom stereocenters. The Morgan fingerprint density at radius 1 is 1.27 bits per heavy atom. The van der Waals surface area contributed by atoms with Gasteiger partial charge in [0.05, 0.1) is 10.3 Å². The lowest BCUT2D eigenvalue weighted by atomic mass is 9.82. The van der Waals surface area contributed by atoms with E-state index in [-0.39, 0.29) is 5.56 Å². The van der Waals surface area contributed by atoms with Crippen LogP contribution in [0.3, 0.4) is 0 Å². The number of halogens is 1. The molecule has 0 radical (unpaired) electrons. The van der Waals surface area contributed by atoms with Gasteiger partial charge in [-0.2, -0.15) is 0 Å². The normalized spacial score (nSPS) is 24.7. The quantitative estimate of drug-likeness (QED) is 0.915. The summed E-state index contributed by atoms with van der Waals surface area (Å²) in [5.74, 6) is -0.183. The zero-order valence-electron chi connectivity index (χ0n) is 12.1. The highest BCUT2D eigenvalue weighted by atomic mass is 32.1. The van der Waals surface area contributed by atoms with Crippen molar-refractivity contribution in [1.29, 1.82) is 0 Å². The van der Waals surface area contributed by atoms with E-state index in [0.29, 0.717) is 10.2 Å². The summed E-state index contributed by atoms with van der Waals surface area (Å²) >= 11 is 1.40. The molecule has 2 aliphatic rings. The van der Waals surface area contributed by atoms with Crippen molar-refractivity contribution >= 4 is 32.7 Å². The number of carboxylic acid groups (broad SMARTS) is 1. The van der Waals surface area contributed by atoms with Gasteiger partial charge < -0.3 is 10.0 Å². The maximum absolute atomic E-state index is 14.1. The Balaban J connectivity index is 1.68. The molecule has 2 heterocycles. The fourth-order valence-corrected chi connectivity index (χ4v) is 4.84. The Morgan fingerprint density at radius 2 is 1.95 bits per heavy atom. The van der Waals surface area contributed by atoms with E-state index in [1.165, 1.54) is 43.1 Å². The van der Waals surface area contributed by atoms with Crippen molar-refractivity contribution < 1.29 is 14.3 Å². The Labute approximate surface area is 131 Å². The highest BCUT2D eigenvalue weighted by Gasteiger charge is 2.35. The van der Waals surface area contributed by atoms with Crippen LogP contribution in [-0.2, 0) is 0 Å². The van der Waals surface area contributed by atoms with Crippen LogP contribution >= 0.6 is 11.3 Å². The summed E-state index contributed by atoms with van der Waals surface area (Å²) < 4.78 is 14.7. The topological polar surface area (TPSA) is 53.4 Å². The van der Waals surface area contributed by atoms with Crippen LogP contribution in [0.25, 0.3) is 10.2 Å². The number of carbonyl (C=O) groups is 1. The number of carboxylic acids is 1. The minimum atomic E-state index is -1.11. The second-order valence-corrected chi connectivity index (χ2v) is 7.33. The molecule has 4 nitrogen and oxygen atoms in total. The molecule has 1 aliphatic heterocycles. The first-order valence-corrected chi connectivity index (χ1v) is 8.52. The fraction of sp³-hybridized carbons (Fsp3) is 0.500. The number of rotatable bonds is 2. The van der Waals surface area contributed by atoms with Gasteiger partial charge >= 0.3 is 5.97 Å². The highest BCUT2D eigenvalue weighted by Crippen LogP contribution is 2.40. The van der Waals surface area contributed by atoms with Crippen LogP contribution in [0.2, 0.25) is 0 Å². The number of anilines is 1. The maximum atomic E-state index is 14.1. The van der Waals surface area contributed by atoms with Gasteiger partial charge in [-0.1, -0.05) is 24.2 Å². The molecule has 0 bridgehead atoms. The average molecular weight is 320 g/mol. The fourth-order valence-electron chi connectivity index (χ4n) is 3.80. The van der Waals surface area contributed by atoms with Crippen LogP contribution in [0.15, 0.2) is 12.1 Å². The minimum Gasteiger partial charge on any atom is -0.478 e. The van der Waals surface area contributed by atoms with Crippen molar-refractivity contribution in [3.8, 4) is 0 Å². The summed E-state index contributed by atoms with van der Waals surface area (Å²) in [6.07, 6.45) is 5.18. The van der Waals surface area contributed by atoms with Gasteiger partial charge in [-0.05, 0) is 36.8 Å². The van der Waals surface area contributed by atoms with E-state index in [2.05, 4.69) is 9.88 Å². The molecular formula is C16H17FN2O2S. The Hall–Kier alpha value is -1.69. The van der Waals surface area contributed by atoms with E-state index in [9.17, 15) is 9.18 Å². The summed E-state index contributed by atoms with van der Waals surface area (Å²) in [6, 6.07) is 2.57. The number of thiazole rings is 1. The van der Waals surface area contributed by atoms with Gasteiger partial charge in [0.25, 0.3) is 0 Å². The van der Waals surface area contributed by atoms with Crippen LogP contribution in [0.1, 0.15) is 36.0 Å². The maximum Gasteiger partial charge on any atom is 0.335 e. The van der Waals surface area contributed by atoms with Gasteiger partial charge in [0.15, 0.2) is 10.9 Å².